The van der Waals surface area contributed by atoms with E-state index in [1.54, 1.807) is 25.1 Å². The molecular weight excluding hydrogens is 200 g/mol. The topological polar surface area (TPSA) is 22.0 Å². The minimum atomic E-state index is -2.80. The molecule has 0 fully saturated rings. The van der Waals surface area contributed by atoms with Crippen LogP contribution in [0, 0.1) is 6.92 Å². The van der Waals surface area contributed by atoms with Crippen molar-refractivity contribution in [1.29, 1.82) is 0 Å². The molecule has 1 aromatic heterocycles. The van der Waals surface area contributed by atoms with Gasteiger partial charge in [-0.05, 0) is 18.6 Å². The van der Waals surface area contributed by atoms with Crippen molar-refractivity contribution >= 4 is 10.9 Å². The van der Waals surface area contributed by atoms with Crippen LogP contribution in [-0.4, -0.2) is 4.57 Å². The number of fused-ring (bicyclic) bond motifs is 1. The number of rotatable bonds is 1. The van der Waals surface area contributed by atoms with Gasteiger partial charge < -0.3 is 0 Å². The highest BCUT2D eigenvalue weighted by molar-refractivity contribution is 5.82. The maximum atomic E-state index is 12.7. The molecule has 2 rings (SSSR count). The molecular formula is C11H9F2NO. The number of aryl methyl sites for hydroxylation is 1. The predicted molar refractivity (Wildman–Crippen MR) is 54.2 cm³/mol. The van der Waals surface area contributed by atoms with Gasteiger partial charge in [0, 0.05) is 11.5 Å². The number of para-hydroxylation sites is 1. The van der Waals surface area contributed by atoms with E-state index in [9.17, 15) is 13.6 Å². The van der Waals surface area contributed by atoms with Crippen LogP contribution in [0.4, 0.5) is 8.78 Å². The maximum absolute atomic E-state index is 12.7. The van der Waals surface area contributed by atoms with Crippen LogP contribution < -0.4 is 5.56 Å². The Morgan fingerprint density at radius 3 is 2.60 bits per heavy atom. The van der Waals surface area contributed by atoms with Gasteiger partial charge >= 0.3 is 6.55 Å². The number of hydrogen-bond donors (Lipinski definition) is 0. The fraction of sp³-hybridized carbons (Fsp3) is 0.182. The Morgan fingerprint density at radius 1 is 1.27 bits per heavy atom. The molecule has 0 amide bonds. The summed E-state index contributed by atoms with van der Waals surface area (Å²) < 4.78 is 25.8. The quantitative estimate of drug-likeness (QED) is 0.707. The second kappa shape index (κ2) is 3.46. The van der Waals surface area contributed by atoms with Gasteiger partial charge in [0.2, 0.25) is 0 Å². The van der Waals surface area contributed by atoms with Crippen molar-refractivity contribution in [3.63, 3.8) is 0 Å². The van der Waals surface area contributed by atoms with Crippen LogP contribution in [0.2, 0.25) is 0 Å². The van der Waals surface area contributed by atoms with Gasteiger partial charge in [-0.25, -0.2) is 0 Å². The molecule has 78 valence electrons. The number of nitrogens with zero attached hydrogens (tertiary/aromatic N) is 1. The standard InChI is InChI=1S/C11H9F2NO/c1-7-6-10(15)14(11(12)13)9-5-3-2-4-8(7)9/h2-6,11H,1H3. The van der Waals surface area contributed by atoms with Crippen LogP contribution >= 0.6 is 0 Å². The molecule has 0 saturated heterocycles. The molecule has 0 bridgehead atoms. The number of hydrogen-bond acceptors (Lipinski definition) is 1. The molecule has 4 heteroatoms. The molecule has 0 spiro atoms. The summed E-state index contributed by atoms with van der Waals surface area (Å²) >= 11 is 0. The van der Waals surface area contributed by atoms with Crippen LogP contribution in [0.1, 0.15) is 12.1 Å². The molecule has 0 saturated carbocycles. The maximum Gasteiger partial charge on any atom is 0.321 e. The van der Waals surface area contributed by atoms with Gasteiger partial charge in [0.1, 0.15) is 0 Å². The van der Waals surface area contributed by atoms with E-state index in [1.165, 1.54) is 12.1 Å². The predicted octanol–water partition coefficient (Wildman–Crippen LogP) is 2.71. The number of pyridine rings is 1. The second-order valence-corrected chi connectivity index (χ2v) is 3.33. The average molecular weight is 209 g/mol. The summed E-state index contributed by atoms with van der Waals surface area (Å²) in [7, 11) is 0. The zero-order valence-corrected chi connectivity index (χ0v) is 8.08. The van der Waals surface area contributed by atoms with Crippen molar-refractivity contribution in [2.75, 3.05) is 0 Å². The molecule has 2 nitrogen and oxygen atoms in total. The van der Waals surface area contributed by atoms with Gasteiger partial charge in [0.15, 0.2) is 0 Å². The van der Waals surface area contributed by atoms with Crippen LogP contribution in [0.5, 0.6) is 0 Å². The third-order valence-corrected chi connectivity index (χ3v) is 2.36. The van der Waals surface area contributed by atoms with E-state index in [4.69, 9.17) is 0 Å². The molecule has 15 heavy (non-hydrogen) atoms. The summed E-state index contributed by atoms with van der Waals surface area (Å²) in [6.45, 7) is -1.07. The summed E-state index contributed by atoms with van der Waals surface area (Å²) in [6.07, 6.45) is 0. The van der Waals surface area contributed by atoms with E-state index in [2.05, 4.69) is 0 Å². The summed E-state index contributed by atoms with van der Waals surface area (Å²) in [5.41, 5.74) is 0.325. The molecule has 0 atom stereocenters. The van der Waals surface area contributed by atoms with E-state index < -0.39 is 12.1 Å². The number of aromatic nitrogens is 1. The largest absolute Gasteiger partial charge is 0.321 e. The summed E-state index contributed by atoms with van der Waals surface area (Å²) in [4.78, 5) is 11.4. The van der Waals surface area contributed by atoms with Crippen molar-refractivity contribution < 1.29 is 8.78 Å². The van der Waals surface area contributed by atoms with E-state index in [0.717, 1.165) is 0 Å². The van der Waals surface area contributed by atoms with Gasteiger partial charge in [-0.2, -0.15) is 8.78 Å². The van der Waals surface area contributed by atoms with Crippen molar-refractivity contribution in [2.24, 2.45) is 0 Å². The Hall–Kier alpha value is -1.71. The van der Waals surface area contributed by atoms with E-state index in [1.807, 2.05) is 0 Å². The van der Waals surface area contributed by atoms with E-state index in [-0.39, 0.29) is 5.52 Å². The molecule has 0 unspecified atom stereocenters. The first kappa shape index (κ1) is 9.83. The fourth-order valence-corrected chi connectivity index (χ4v) is 1.67. The summed E-state index contributed by atoms with van der Waals surface area (Å²) in [5, 5.41) is 0.678. The lowest BCUT2D eigenvalue weighted by atomic mass is 10.1. The first-order chi connectivity index (χ1) is 7.11. The molecule has 1 heterocycles. The van der Waals surface area contributed by atoms with Gasteiger partial charge in [-0.3, -0.25) is 9.36 Å². The van der Waals surface area contributed by atoms with Gasteiger partial charge in [-0.15, -0.1) is 0 Å². The van der Waals surface area contributed by atoms with Crippen molar-refractivity contribution in [2.45, 2.75) is 13.5 Å². The molecule has 0 aliphatic heterocycles. The first-order valence-electron chi connectivity index (χ1n) is 4.50. The van der Waals surface area contributed by atoms with Gasteiger partial charge in [-0.1, -0.05) is 18.2 Å². The minimum Gasteiger partial charge on any atom is -0.269 e. The third-order valence-electron chi connectivity index (χ3n) is 2.36. The molecule has 2 aromatic rings. The molecule has 0 N–H and O–H groups in total. The highest BCUT2D eigenvalue weighted by Crippen LogP contribution is 2.19. The van der Waals surface area contributed by atoms with E-state index in [0.29, 0.717) is 15.5 Å². The monoisotopic (exact) mass is 209 g/mol. The SMILES string of the molecule is Cc1cc(=O)n(C(F)F)c2ccccc12. The van der Waals surface area contributed by atoms with Crippen molar-refractivity contribution in [1.82, 2.24) is 4.57 Å². The van der Waals surface area contributed by atoms with Crippen molar-refractivity contribution in [3.8, 4) is 0 Å². The zero-order valence-electron chi connectivity index (χ0n) is 8.08. The second-order valence-electron chi connectivity index (χ2n) is 3.33. The third kappa shape index (κ3) is 1.52. The highest BCUT2D eigenvalue weighted by Gasteiger charge is 2.12. The average Bonchev–Trinajstić information content (AvgIpc) is 2.17. The molecule has 0 radical (unpaired) electrons. The first-order valence-corrected chi connectivity index (χ1v) is 4.50. The smallest absolute Gasteiger partial charge is 0.269 e. The highest BCUT2D eigenvalue weighted by atomic mass is 19.3. The Balaban J connectivity index is 2.96. The molecule has 0 aliphatic rings. The zero-order chi connectivity index (χ0) is 11.0. The minimum absolute atomic E-state index is 0.275. The Bertz CT molecular complexity index is 560. The summed E-state index contributed by atoms with van der Waals surface area (Å²) in [5.74, 6) is 0. The van der Waals surface area contributed by atoms with Crippen LogP contribution in [0.25, 0.3) is 10.9 Å². The van der Waals surface area contributed by atoms with Gasteiger partial charge in [0.05, 0.1) is 5.52 Å². The number of benzene rings is 1. The lowest BCUT2D eigenvalue weighted by Crippen LogP contribution is -2.20. The normalized spacial score (nSPS) is 11.2. The van der Waals surface area contributed by atoms with Crippen LogP contribution in [0.15, 0.2) is 35.1 Å². The summed E-state index contributed by atoms with van der Waals surface area (Å²) in [6, 6.07) is 7.88. The Labute approximate surface area is 84.8 Å². The van der Waals surface area contributed by atoms with Crippen LogP contribution in [0.3, 0.4) is 0 Å². The lowest BCUT2D eigenvalue weighted by Gasteiger charge is -2.10. The molecule has 0 aliphatic carbocycles. The number of alkyl halides is 2. The Kier molecular flexibility index (Phi) is 2.26. The fourth-order valence-electron chi connectivity index (χ4n) is 1.67. The van der Waals surface area contributed by atoms with Crippen molar-refractivity contribution in [3.05, 3.63) is 46.2 Å². The number of halogens is 2. The van der Waals surface area contributed by atoms with E-state index >= 15 is 0 Å². The lowest BCUT2D eigenvalue weighted by molar-refractivity contribution is 0.0714. The van der Waals surface area contributed by atoms with Crippen LogP contribution in [-0.2, 0) is 0 Å². The molecule has 1 aromatic carbocycles. The van der Waals surface area contributed by atoms with Gasteiger partial charge in [0.25, 0.3) is 5.56 Å². The Morgan fingerprint density at radius 2 is 1.93 bits per heavy atom.